The third-order valence-corrected chi connectivity index (χ3v) is 5.77. The van der Waals surface area contributed by atoms with Crippen molar-refractivity contribution in [2.75, 3.05) is 31.0 Å². The number of fused-ring (bicyclic) bond motifs is 1. The molecule has 0 aliphatic carbocycles. The van der Waals surface area contributed by atoms with E-state index in [0.29, 0.717) is 33.7 Å². The van der Waals surface area contributed by atoms with Gasteiger partial charge in [-0.15, -0.1) is 0 Å². The van der Waals surface area contributed by atoms with Gasteiger partial charge in [-0.05, 0) is 24.3 Å². The summed E-state index contributed by atoms with van der Waals surface area (Å²) in [6.07, 6.45) is 2.67. The molecule has 2 aromatic heterocycles. The summed E-state index contributed by atoms with van der Waals surface area (Å²) in [6, 6.07) is 9.38. The molecule has 0 bridgehead atoms. The van der Waals surface area contributed by atoms with E-state index in [0.717, 1.165) is 6.26 Å². The SMILES string of the molecule is CNc1nc(Nc2ccc(OC)c(S(C)(=O)=O)c2)ncc1-c1n[nH]c2c(F)cccc12. The van der Waals surface area contributed by atoms with Crippen LogP contribution < -0.4 is 15.4 Å². The van der Waals surface area contributed by atoms with Crippen LogP contribution in [0.15, 0.2) is 47.5 Å². The fourth-order valence-corrected chi connectivity index (χ4v) is 4.05. The second-order valence-electron chi connectivity index (χ2n) is 6.70. The second kappa shape index (κ2) is 7.84. The normalized spacial score (nSPS) is 11.5. The summed E-state index contributed by atoms with van der Waals surface area (Å²) in [6.45, 7) is 0. The van der Waals surface area contributed by atoms with E-state index in [-0.39, 0.29) is 16.6 Å². The van der Waals surface area contributed by atoms with E-state index in [1.807, 2.05) is 0 Å². The van der Waals surface area contributed by atoms with Crippen molar-refractivity contribution in [3.8, 4) is 17.0 Å². The molecule has 4 rings (SSSR count). The third kappa shape index (κ3) is 3.87. The first-order chi connectivity index (χ1) is 14.8. The van der Waals surface area contributed by atoms with Gasteiger partial charge in [-0.1, -0.05) is 12.1 Å². The maximum atomic E-state index is 14.0. The zero-order valence-corrected chi connectivity index (χ0v) is 17.7. The van der Waals surface area contributed by atoms with Gasteiger partial charge in [0.25, 0.3) is 0 Å². The monoisotopic (exact) mass is 442 g/mol. The topological polar surface area (TPSA) is 122 Å². The zero-order valence-electron chi connectivity index (χ0n) is 16.9. The van der Waals surface area contributed by atoms with Gasteiger partial charge in [-0.3, -0.25) is 5.10 Å². The standard InChI is InChI=1S/C20H19FN6O3S/c1-22-19-13(17-12-5-4-6-14(21)18(12)27-26-17)10-23-20(25-19)24-11-7-8-15(30-2)16(9-11)31(3,28)29/h4-10H,1-3H3,(H,26,27)(H2,22,23,24,25). The molecule has 0 fully saturated rings. The smallest absolute Gasteiger partial charge is 0.229 e. The number of H-pyrrole nitrogens is 1. The Hall–Kier alpha value is -3.73. The van der Waals surface area contributed by atoms with Gasteiger partial charge in [-0.25, -0.2) is 17.8 Å². The third-order valence-electron chi connectivity index (χ3n) is 4.65. The summed E-state index contributed by atoms with van der Waals surface area (Å²) in [4.78, 5) is 8.81. The molecule has 0 unspecified atom stereocenters. The van der Waals surface area contributed by atoms with Crippen LogP contribution in [0.2, 0.25) is 0 Å². The van der Waals surface area contributed by atoms with Gasteiger partial charge in [0, 0.05) is 30.6 Å². The van der Waals surface area contributed by atoms with Crippen molar-refractivity contribution in [1.82, 2.24) is 20.2 Å². The van der Waals surface area contributed by atoms with E-state index >= 15 is 0 Å². The zero-order chi connectivity index (χ0) is 22.2. The van der Waals surface area contributed by atoms with E-state index in [1.54, 1.807) is 37.5 Å². The molecule has 3 N–H and O–H groups in total. The molecule has 0 amide bonds. The van der Waals surface area contributed by atoms with Crippen molar-refractivity contribution < 1.29 is 17.5 Å². The second-order valence-corrected chi connectivity index (χ2v) is 8.69. The first-order valence-corrected chi connectivity index (χ1v) is 11.0. The number of ether oxygens (including phenoxy) is 1. The molecule has 160 valence electrons. The lowest BCUT2D eigenvalue weighted by Crippen LogP contribution is -2.05. The Bertz CT molecular complexity index is 1390. The molecule has 2 heterocycles. The lowest BCUT2D eigenvalue weighted by molar-refractivity contribution is 0.403. The van der Waals surface area contributed by atoms with Crippen LogP contribution in [0, 0.1) is 5.82 Å². The summed E-state index contributed by atoms with van der Waals surface area (Å²) < 4.78 is 43.2. The number of para-hydroxylation sites is 1. The molecule has 2 aromatic carbocycles. The maximum Gasteiger partial charge on any atom is 0.229 e. The Balaban J connectivity index is 1.72. The van der Waals surface area contributed by atoms with Gasteiger partial charge in [-0.2, -0.15) is 10.1 Å². The van der Waals surface area contributed by atoms with Crippen molar-refractivity contribution in [3.05, 3.63) is 48.4 Å². The highest BCUT2D eigenvalue weighted by molar-refractivity contribution is 7.90. The Kier molecular flexibility index (Phi) is 5.19. The number of halogens is 1. The molecule has 0 saturated carbocycles. The number of rotatable bonds is 6. The van der Waals surface area contributed by atoms with Gasteiger partial charge < -0.3 is 15.4 Å². The fraction of sp³-hybridized carbons (Fsp3) is 0.150. The Morgan fingerprint density at radius 3 is 2.71 bits per heavy atom. The number of nitrogens with zero attached hydrogens (tertiary/aromatic N) is 3. The molecule has 0 spiro atoms. The number of methoxy groups -OCH3 is 1. The average Bonchev–Trinajstić information content (AvgIpc) is 3.18. The van der Waals surface area contributed by atoms with Crippen LogP contribution in [-0.4, -0.2) is 49.0 Å². The van der Waals surface area contributed by atoms with E-state index in [4.69, 9.17) is 4.74 Å². The summed E-state index contributed by atoms with van der Waals surface area (Å²) in [7, 11) is -0.394. The maximum absolute atomic E-state index is 14.0. The van der Waals surface area contributed by atoms with Crippen LogP contribution in [-0.2, 0) is 9.84 Å². The quantitative estimate of drug-likeness (QED) is 0.416. The first-order valence-electron chi connectivity index (χ1n) is 9.14. The summed E-state index contributed by atoms with van der Waals surface area (Å²) in [5.41, 5.74) is 1.86. The summed E-state index contributed by atoms with van der Waals surface area (Å²) >= 11 is 0. The average molecular weight is 442 g/mol. The molecule has 9 nitrogen and oxygen atoms in total. The van der Waals surface area contributed by atoms with Crippen molar-refractivity contribution in [3.63, 3.8) is 0 Å². The molecular weight excluding hydrogens is 423 g/mol. The van der Waals surface area contributed by atoms with Crippen molar-refractivity contribution >= 4 is 38.2 Å². The van der Waals surface area contributed by atoms with Crippen LogP contribution in [0.5, 0.6) is 5.75 Å². The van der Waals surface area contributed by atoms with Crippen LogP contribution in [0.25, 0.3) is 22.2 Å². The van der Waals surface area contributed by atoms with Crippen LogP contribution >= 0.6 is 0 Å². The van der Waals surface area contributed by atoms with Crippen molar-refractivity contribution in [2.24, 2.45) is 0 Å². The number of benzene rings is 2. The summed E-state index contributed by atoms with van der Waals surface area (Å²) in [5.74, 6) is 0.552. The number of hydrogen-bond donors (Lipinski definition) is 3. The minimum absolute atomic E-state index is 0.0514. The number of hydrogen-bond acceptors (Lipinski definition) is 8. The van der Waals surface area contributed by atoms with Crippen molar-refractivity contribution in [1.29, 1.82) is 0 Å². The van der Waals surface area contributed by atoms with Gasteiger partial charge >= 0.3 is 0 Å². The van der Waals surface area contributed by atoms with E-state index in [9.17, 15) is 12.8 Å². The Labute approximate surface area is 177 Å². The van der Waals surface area contributed by atoms with E-state index < -0.39 is 15.7 Å². The summed E-state index contributed by atoms with van der Waals surface area (Å²) in [5, 5.41) is 13.5. The predicted molar refractivity (Wildman–Crippen MR) is 116 cm³/mol. The molecule has 0 aliphatic rings. The molecule has 4 aromatic rings. The minimum atomic E-state index is -3.49. The van der Waals surface area contributed by atoms with Crippen LogP contribution in [0.3, 0.4) is 0 Å². The van der Waals surface area contributed by atoms with Gasteiger partial charge in [0.2, 0.25) is 5.95 Å². The first kappa shape index (κ1) is 20.5. The number of nitrogens with one attached hydrogen (secondary N) is 3. The molecule has 0 saturated heterocycles. The van der Waals surface area contributed by atoms with E-state index in [2.05, 4.69) is 30.8 Å². The molecule has 0 radical (unpaired) electrons. The lowest BCUT2D eigenvalue weighted by atomic mass is 10.1. The molecule has 11 heteroatoms. The lowest BCUT2D eigenvalue weighted by Gasteiger charge is -2.12. The largest absolute Gasteiger partial charge is 0.495 e. The van der Waals surface area contributed by atoms with E-state index in [1.165, 1.54) is 19.2 Å². The minimum Gasteiger partial charge on any atom is -0.495 e. The number of aromatic nitrogens is 4. The molecule has 31 heavy (non-hydrogen) atoms. The van der Waals surface area contributed by atoms with Crippen molar-refractivity contribution in [2.45, 2.75) is 4.90 Å². The Morgan fingerprint density at radius 2 is 2.00 bits per heavy atom. The highest BCUT2D eigenvalue weighted by Crippen LogP contribution is 2.33. The molecule has 0 aliphatic heterocycles. The highest BCUT2D eigenvalue weighted by Gasteiger charge is 2.18. The van der Waals surface area contributed by atoms with Crippen LogP contribution in [0.4, 0.5) is 21.8 Å². The van der Waals surface area contributed by atoms with Gasteiger partial charge in [0.15, 0.2) is 9.84 Å². The predicted octanol–water partition coefficient (Wildman–Crippen LogP) is 3.36. The van der Waals surface area contributed by atoms with Crippen LogP contribution in [0.1, 0.15) is 0 Å². The molecular formula is C20H19FN6O3S. The van der Waals surface area contributed by atoms with Gasteiger partial charge in [0.1, 0.15) is 33.5 Å². The highest BCUT2D eigenvalue weighted by atomic mass is 32.2. The number of aromatic amines is 1. The Morgan fingerprint density at radius 1 is 1.19 bits per heavy atom. The number of anilines is 3. The fourth-order valence-electron chi connectivity index (χ4n) is 3.19. The van der Waals surface area contributed by atoms with Gasteiger partial charge in [0.05, 0.1) is 12.7 Å². The number of sulfone groups is 1. The molecule has 0 atom stereocenters.